The van der Waals surface area contributed by atoms with E-state index in [9.17, 15) is 4.79 Å². The zero-order valence-corrected chi connectivity index (χ0v) is 14.7. The van der Waals surface area contributed by atoms with E-state index in [1.165, 1.54) is 0 Å². The van der Waals surface area contributed by atoms with Crippen LogP contribution in [-0.4, -0.2) is 60.2 Å². The number of carbonyl (C=O) groups is 1. The molecule has 7 nitrogen and oxygen atoms in total. The summed E-state index contributed by atoms with van der Waals surface area (Å²) < 4.78 is 5.15. The van der Waals surface area contributed by atoms with Crippen molar-refractivity contribution in [2.75, 3.05) is 39.3 Å². The molecule has 0 atom stereocenters. The van der Waals surface area contributed by atoms with E-state index in [2.05, 4.69) is 32.6 Å². The molecule has 1 fully saturated rings. The third-order valence-corrected chi connectivity index (χ3v) is 3.74. The van der Waals surface area contributed by atoms with Gasteiger partial charge >= 0.3 is 0 Å². The third-order valence-electron chi connectivity index (χ3n) is 3.74. The Hall–Kier alpha value is -1.18. The first kappa shape index (κ1) is 19.9. The van der Waals surface area contributed by atoms with Gasteiger partial charge < -0.3 is 15.2 Å². The van der Waals surface area contributed by atoms with Gasteiger partial charge in [-0.3, -0.25) is 9.69 Å². The van der Waals surface area contributed by atoms with E-state index in [1.54, 1.807) is 0 Å². The maximum atomic E-state index is 11.8. The molecule has 0 aliphatic carbocycles. The van der Waals surface area contributed by atoms with Crippen molar-refractivity contribution in [2.45, 2.75) is 39.0 Å². The number of amides is 1. The molecule has 0 bridgehead atoms. The highest BCUT2D eigenvalue weighted by molar-refractivity contribution is 5.85. The number of nitrogens with one attached hydrogen (secondary N) is 2. The lowest BCUT2D eigenvalue weighted by molar-refractivity contribution is -0.121. The second kappa shape index (κ2) is 11.4. The Morgan fingerprint density at radius 3 is 2.87 bits per heavy atom. The summed E-state index contributed by atoms with van der Waals surface area (Å²) in [5, 5.41) is 10.2. The molecule has 2 rings (SSSR count). The number of hydrogen-bond acceptors (Lipinski definition) is 6. The smallest absolute Gasteiger partial charge is 0.226 e. The molecule has 0 saturated carbocycles. The van der Waals surface area contributed by atoms with Crippen LogP contribution in [0.3, 0.4) is 0 Å². The summed E-state index contributed by atoms with van der Waals surface area (Å²) >= 11 is 0. The highest BCUT2D eigenvalue weighted by Crippen LogP contribution is 2.04. The summed E-state index contributed by atoms with van der Waals surface area (Å²) in [6.07, 6.45) is 3.77. The number of nitrogens with zero attached hydrogens (tertiary/aromatic N) is 3. The van der Waals surface area contributed by atoms with E-state index in [0.717, 1.165) is 64.4 Å². The molecule has 0 radical (unpaired) electrons. The largest absolute Gasteiger partial charge is 0.355 e. The van der Waals surface area contributed by atoms with Gasteiger partial charge in [-0.05, 0) is 12.8 Å². The molecule has 2 N–H and O–H groups in total. The minimum Gasteiger partial charge on any atom is -0.355 e. The van der Waals surface area contributed by atoms with Crippen LogP contribution in [0.15, 0.2) is 4.52 Å². The van der Waals surface area contributed by atoms with Gasteiger partial charge in [-0.2, -0.15) is 4.98 Å². The summed E-state index contributed by atoms with van der Waals surface area (Å²) in [5.41, 5.74) is 0. The van der Waals surface area contributed by atoms with Crippen LogP contribution in [-0.2, 0) is 17.6 Å². The average molecular weight is 346 g/mol. The van der Waals surface area contributed by atoms with Gasteiger partial charge in [0, 0.05) is 58.5 Å². The standard InChI is InChI=1S/C15H27N5O2.ClH/c1-2-4-13-18-15(22-19-13)6-3-5-14(21)17-9-12-20-10-7-16-8-11-20;/h16H,2-12H2,1H3,(H,17,21);1H. The molecular weight excluding hydrogens is 318 g/mol. The second-order valence-electron chi connectivity index (χ2n) is 5.65. The van der Waals surface area contributed by atoms with Gasteiger partial charge in [0.2, 0.25) is 11.8 Å². The van der Waals surface area contributed by atoms with Gasteiger partial charge in [0.05, 0.1) is 0 Å². The maximum Gasteiger partial charge on any atom is 0.226 e. The van der Waals surface area contributed by atoms with Gasteiger partial charge in [0.25, 0.3) is 0 Å². The van der Waals surface area contributed by atoms with E-state index < -0.39 is 0 Å². The van der Waals surface area contributed by atoms with Gasteiger partial charge in [-0.25, -0.2) is 0 Å². The first-order valence-electron chi connectivity index (χ1n) is 8.29. The monoisotopic (exact) mass is 345 g/mol. The second-order valence-corrected chi connectivity index (χ2v) is 5.65. The van der Waals surface area contributed by atoms with Crippen LogP contribution in [0.5, 0.6) is 0 Å². The minimum atomic E-state index is 0. The van der Waals surface area contributed by atoms with E-state index in [1.807, 2.05) is 0 Å². The summed E-state index contributed by atoms with van der Waals surface area (Å²) in [6.45, 7) is 7.94. The predicted octanol–water partition coefficient (Wildman–Crippen LogP) is 0.788. The molecule has 1 aliphatic rings. The molecule has 1 aliphatic heterocycles. The fourth-order valence-electron chi connectivity index (χ4n) is 2.49. The lowest BCUT2D eigenvalue weighted by atomic mass is 10.2. The van der Waals surface area contributed by atoms with Crippen molar-refractivity contribution in [3.8, 4) is 0 Å². The van der Waals surface area contributed by atoms with E-state index in [-0.39, 0.29) is 18.3 Å². The third kappa shape index (κ3) is 7.76. The van der Waals surface area contributed by atoms with Crippen LogP contribution in [0.4, 0.5) is 0 Å². The van der Waals surface area contributed by atoms with E-state index in [0.29, 0.717) is 18.7 Å². The van der Waals surface area contributed by atoms with Gasteiger partial charge in [0.1, 0.15) is 0 Å². The van der Waals surface area contributed by atoms with Crippen LogP contribution < -0.4 is 10.6 Å². The number of aryl methyl sites for hydroxylation is 2. The van der Waals surface area contributed by atoms with Crippen molar-refractivity contribution in [2.24, 2.45) is 0 Å². The van der Waals surface area contributed by atoms with Crippen molar-refractivity contribution in [1.82, 2.24) is 25.7 Å². The maximum absolute atomic E-state index is 11.8. The Kier molecular flexibility index (Phi) is 9.82. The van der Waals surface area contributed by atoms with E-state index >= 15 is 0 Å². The number of aromatic nitrogens is 2. The van der Waals surface area contributed by atoms with Crippen LogP contribution in [0.1, 0.15) is 37.9 Å². The topological polar surface area (TPSA) is 83.3 Å². The Morgan fingerprint density at radius 2 is 2.13 bits per heavy atom. The van der Waals surface area contributed by atoms with Crippen LogP contribution in [0.2, 0.25) is 0 Å². The molecule has 1 amide bonds. The summed E-state index contributed by atoms with van der Waals surface area (Å²) in [7, 11) is 0. The molecule has 1 aromatic rings. The lowest BCUT2D eigenvalue weighted by Crippen LogP contribution is -2.46. The zero-order valence-electron chi connectivity index (χ0n) is 13.8. The summed E-state index contributed by atoms with van der Waals surface area (Å²) in [5.74, 6) is 1.50. The highest BCUT2D eigenvalue weighted by atomic mass is 35.5. The van der Waals surface area contributed by atoms with E-state index in [4.69, 9.17) is 4.52 Å². The van der Waals surface area contributed by atoms with Crippen LogP contribution >= 0.6 is 12.4 Å². The SMILES string of the molecule is CCCc1noc(CCCC(=O)NCCN2CCNCC2)n1.Cl. The molecule has 1 saturated heterocycles. The first-order chi connectivity index (χ1) is 10.8. The molecule has 132 valence electrons. The Labute approximate surface area is 144 Å². The average Bonchev–Trinajstić information content (AvgIpc) is 2.96. The Bertz CT molecular complexity index is 449. The number of carbonyl (C=O) groups excluding carboxylic acids is 1. The van der Waals surface area contributed by atoms with Crippen molar-refractivity contribution >= 4 is 18.3 Å². The van der Waals surface area contributed by atoms with Crippen molar-refractivity contribution < 1.29 is 9.32 Å². The van der Waals surface area contributed by atoms with Gasteiger partial charge in [-0.1, -0.05) is 12.1 Å². The molecule has 2 heterocycles. The first-order valence-corrected chi connectivity index (χ1v) is 8.29. The van der Waals surface area contributed by atoms with Crippen molar-refractivity contribution in [3.63, 3.8) is 0 Å². The molecule has 0 unspecified atom stereocenters. The molecule has 23 heavy (non-hydrogen) atoms. The molecule has 0 spiro atoms. The Balaban J connectivity index is 0.00000264. The van der Waals surface area contributed by atoms with Gasteiger partial charge in [-0.15, -0.1) is 12.4 Å². The Morgan fingerprint density at radius 1 is 1.35 bits per heavy atom. The number of halogens is 1. The lowest BCUT2D eigenvalue weighted by Gasteiger charge is -2.27. The summed E-state index contributed by atoms with van der Waals surface area (Å²) in [4.78, 5) is 18.4. The number of piperazine rings is 1. The number of hydrogen-bond donors (Lipinski definition) is 2. The highest BCUT2D eigenvalue weighted by Gasteiger charge is 2.10. The number of rotatable bonds is 9. The van der Waals surface area contributed by atoms with Crippen LogP contribution in [0.25, 0.3) is 0 Å². The normalized spacial score (nSPS) is 15.2. The quantitative estimate of drug-likeness (QED) is 0.688. The van der Waals surface area contributed by atoms with Crippen LogP contribution in [0, 0.1) is 0 Å². The van der Waals surface area contributed by atoms with Crippen molar-refractivity contribution in [3.05, 3.63) is 11.7 Å². The summed E-state index contributed by atoms with van der Waals surface area (Å²) in [6, 6.07) is 0. The molecule has 8 heteroatoms. The molecule has 1 aromatic heterocycles. The van der Waals surface area contributed by atoms with Gasteiger partial charge in [0.15, 0.2) is 5.82 Å². The molecule has 0 aromatic carbocycles. The predicted molar refractivity (Wildman–Crippen MR) is 90.8 cm³/mol. The fourth-order valence-corrected chi connectivity index (χ4v) is 2.49. The zero-order chi connectivity index (χ0) is 15.6. The van der Waals surface area contributed by atoms with Crippen molar-refractivity contribution in [1.29, 1.82) is 0 Å². The fraction of sp³-hybridized carbons (Fsp3) is 0.800. The molecular formula is C15H28ClN5O2. The minimum absolute atomic E-state index is 0.